The second-order valence-corrected chi connectivity index (χ2v) is 6.02. The molecule has 0 aliphatic carbocycles. The van der Waals surface area contributed by atoms with Crippen LogP contribution in [0.4, 0.5) is 5.69 Å². The van der Waals surface area contributed by atoms with Crippen molar-refractivity contribution in [2.75, 3.05) is 5.32 Å². The first-order valence-corrected chi connectivity index (χ1v) is 7.67. The first kappa shape index (κ1) is 13.4. The molecule has 1 aliphatic heterocycles. The molecule has 2 nitrogen and oxygen atoms in total. The van der Waals surface area contributed by atoms with Crippen LogP contribution in [-0.2, 0) is 0 Å². The number of Topliss-reactive ketones (excluding diaryl/α,β-unsaturated/α-hetero) is 1. The van der Waals surface area contributed by atoms with Gasteiger partial charge in [-0.25, -0.2) is 0 Å². The van der Waals surface area contributed by atoms with Gasteiger partial charge >= 0.3 is 0 Å². The van der Waals surface area contributed by atoms with Gasteiger partial charge in [0.25, 0.3) is 0 Å². The van der Waals surface area contributed by atoms with E-state index >= 15 is 0 Å². The van der Waals surface area contributed by atoms with E-state index in [9.17, 15) is 4.79 Å². The Hall–Kier alpha value is -2.32. The van der Waals surface area contributed by atoms with Crippen molar-refractivity contribution < 1.29 is 4.79 Å². The molecule has 0 spiro atoms. The molecule has 22 heavy (non-hydrogen) atoms. The maximum Gasteiger partial charge on any atom is 0.167 e. The Morgan fingerprint density at radius 2 is 1.86 bits per heavy atom. The molecule has 0 bridgehead atoms. The van der Waals surface area contributed by atoms with Crippen LogP contribution >= 0.6 is 11.6 Å². The lowest BCUT2D eigenvalue weighted by molar-refractivity contribution is 0.0974. The van der Waals surface area contributed by atoms with Crippen molar-refractivity contribution in [1.82, 2.24) is 0 Å². The van der Waals surface area contributed by atoms with Crippen LogP contribution in [0.5, 0.6) is 0 Å². The smallest absolute Gasteiger partial charge is 0.167 e. The van der Waals surface area contributed by atoms with E-state index in [0.29, 0.717) is 11.4 Å². The van der Waals surface area contributed by atoms with E-state index in [2.05, 4.69) is 11.4 Å². The van der Waals surface area contributed by atoms with Crippen molar-refractivity contribution in [2.24, 2.45) is 0 Å². The largest absolute Gasteiger partial charge is 0.377 e. The fourth-order valence-corrected chi connectivity index (χ4v) is 3.34. The SMILES string of the molecule is O=C1CC(c2cccc(Cl)c2)Nc2ccc3ccccc3c21. The fourth-order valence-electron chi connectivity index (χ4n) is 3.14. The summed E-state index contributed by atoms with van der Waals surface area (Å²) in [5, 5.41) is 6.29. The zero-order chi connectivity index (χ0) is 15.1. The zero-order valence-corrected chi connectivity index (χ0v) is 12.6. The summed E-state index contributed by atoms with van der Waals surface area (Å²) >= 11 is 6.07. The van der Waals surface area contributed by atoms with E-state index in [1.807, 2.05) is 54.6 Å². The third-order valence-corrected chi connectivity index (χ3v) is 4.41. The van der Waals surface area contributed by atoms with E-state index in [-0.39, 0.29) is 11.8 Å². The van der Waals surface area contributed by atoms with Crippen molar-refractivity contribution in [3.63, 3.8) is 0 Å². The Balaban J connectivity index is 1.81. The molecule has 108 valence electrons. The summed E-state index contributed by atoms with van der Waals surface area (Å²) in [4.78, 5) is 12.7. The van der Waals surface area contributed by atoms with E-state index in [1.54, 1.807) is 0 Å². The topological polar surface area (TPSA) is 29.1 Å². The molecule has 1 N–H and O–H groups in total. The van der Waals surface area contributed by atoms with Gasteiger partial charge in [-0.1, -0.05) is 54.1 Å². The van der Waals surface area contributed by atoms with Crippen molar-refractivity contribution in [2.45, 2.75) is 12.5 Å². The predicted molar refractivity (Wildman–Crippen MR) is 90.7 cm³/mol. The van der Waals surface area contributed by atoms with Gasteiger partial charge in [-0.15, -0.1) is 0 Å². The molecule has 3 aromatic carbocycles. The normalized spacial score (nSPS) is 17.1. The molecule has 0 saturated carbocycles. The molecule has 1 unspecified atom stereocenters. The van der Waals surface area contributed by atoms with Crippen LogP contribution in [-0.4, -0.2) is 5.78 Å². The maximum absolute atomic E-state index is 12.7. The Kier molecular flexibility index (Phi) is 3.12. The lowest BCUT2D eigenvalue weighted by atomic mass is 9.89. The quantitative estimate of drug-likeness (QED) is 0.666. The van der Waals surface area contributed by atoms with Crippen molar-refractivity contribution in [1.29, 1.82) is 0 Å². The summed E-state index contributed by atoms with van der Waals surface area (Å²) in [5.74, 6) is 0.176. The van der Waals surface area contributed by atoms with Crippen LogP contribution in [0.15, 0.2) is 60.7 Å². The lowest BCUT2D eigenvalue weighted by Gasteiger charge is -2.27. The van der Waals surface area contributed by atoms with Gasteiger partial charge in [0.15, 0.2) is 5.78 Å². The monoisotopic (exact) mass is 307 g/mol. The lowest BCUT2D eigenvalue weighted by Crippen LogP contribution is -2.23. The number of carbonyl (C=O) groups excluding carboxylic acids is 1. The molecular formula is C19H14ClNO. The van der Waals surface area contributed by atoms with Crippen LogP contribution in [0.2, 0.25) is 5.02 Å². The number of carbonyl (C=O) groups is 1. The number of nitrogens with one attached hydrogen (secondary N) is 1. The van der Waals surface area contributed by atoms with Gasteiger partial charge < -0.3 is 5.32 Å². The summed E-state index contributed by atoms with van der Waals surface area (Å²) in [6.07, 6.45) is 0.446. The van der Waals surface area contributed by atoms with E-state index < -0.39 is 0 Å². The van der Waals surface area contributed by atoms with Gasteiger partial charge in [0, 0.05) is 22.7 Å². The average Bonchev–Trinajstić information content (AvgIpc) is 2.54. The Morgan fingerprint density at radius 1 is 1.00 bits per heavy atom. The Bertz CT molecular complexity index is 887. The molecule has 1 aliphatic rings. The number of benzene rings is 3. The first-order chi connectivity index (χ1) is 10.7. The van der Waals surface area contributed by atoms with Crippen molar-refractivity contribution in [3.8, 4) is 0 Å². The van der Waals surface area contributed by atoms with Gasteiger partial charge in [0.1, 0.15) is 0 Å². The predicted octanol–water partition coefficient (Wildman–Crippen LogP) is 5.23. The van der Waals surface area contributed by atoms with Gasteiger partial charge in [-0.2, -0.15) is 0 Å². The number of anilines is 1. The van der Waals surface area contributed by atoms with Crippen molar-refractivity contribution in [3.05, 3.63) is 76.8 Å². The number of hydrogen-bond acceptors (Lipinski definition) is 2. The highest BCUT2D eigenvalue weighted by Crippen LogP contribution is 2.37. The maximum atomic E-state index is 12.7. The van der Waals surface area contributed by atoms with Gasteiger partial charge in [0.05, 0.1) is 6.04 Å². The summed E-state index contributed by atoms with van der Waals surface area (Å²) in [6.45, 7) is 0. The van der Waals surface area contributed by atoms with Crippen LogP contribution < -0.4 is 5.32 Å². The second-order valence-electron chi connectivity index (χ2n) is 5.59. The molecule has 3 aromatic rings. The fraction of sp³-hybridized carbons (Fsp3) is 0.105. The second kappa shape index (κ2) is 5.15. The molecule has 3 heteroatoms. The third kappa shape index (κ3) is 2.16. The molecule has 0 saturated heterocycles. The summed E-state index contributed by atoms with van der Waals surface area (Å²) in [6, 6.07) is 19.7. The highest BCUT2D eigenvalue weighted by Gasteiger charge is 2.27. The van der Waals surface area contributed by atoms with Crippen molar-refractivity contribution >= 4 is 33.8 Å². The Labute approximate surface area is 133 Å². The molecule has 0 radical (unpaired) electrons. The third-order valence-electron chi connectivity index (χ3n) is 4.18. The molecule has 0 fully saturated rings. The Morgan fingerprint density at radius 3 is 2.73 bits per heavy atom. The molecule has 0 amide bonds. The number of rotatable bonds is 1. The van der Waals surface area contributed by atoms with Crippen LogP contribution in [0, 0.1) is 0 Å². The standard InChI is InChI=1S/C19H14ClNO/c20-14-6-3-5-13(10-14)17-11-18(22)19-15-7-2-1-4-12(15)8-9-16(19)21-17/h1-10,17,21H,11H2. The highest BCUT2D eigenvalue weighted by molar-refractivity contribution is 6.30. The number of hydrogen-bond donors (Lipinski definition) is 1. The minimum Gasteiger partial charge on any atom is -0.377 e. The van der Waals surface area contributed by atoms with Crippen LogP contribution in [0.3, 0.4) is 0 Å². The van der Waals surface area contributed by atoms with Gasteiger partial charge in [-0.3, -0.25) is 4.79 Å². The van der Waals surface area contributed by atoms with Gasteiger partial charge in [0.2, 0.25) is 0 Å². The minimum atomic E-state index is -0.0279. The van der Waals surface area contributed by atoms with E-state index in [0.717, 1.165) is 27.6 Å². The molecule has 0 aromatic heterocycles. The van der Waals surface area contributed by atoms with Crippen LogP contribution in [0.25, 0.3) is 10.8 Å². The minimum absolute atomic E-state index is 0.0279. The molecule has 4 rings (SSSR count). The van der Waals surface area contributed by atoms with E-state index in [1.165, 1.54) is 0 Å². The van der Waals surface area contributed by atoms with Crippen LogP contribution in [0.1, 0.15) is 28.4 Å². The van der Waals surface area contributed by atoms with Gasteiger partial charge in [-0.05, 0) is 34.5 Å². The first-order valence-electron chi connectivity index (χ1n) is 7.29. The number of ketones is 1. The molecule has 1 atom stereocenters. The summed E-state index contributed by atoms with van der Waals surface area (Å²) in [7, 11) is 0. The highest BCUT2D eigenvalue weighted by atomic mass is 35.5. The van der Waals surface area contributed by atoms with E-state index in [4.69, 9.17) is 11.6 Å². The molecular weight excluding hydrogens is 294 g/mol. The average molecular weight is 308 g/mol. The molecule has 1 heterocycles. The summed E-state index contributed by atoms with van der Waals surface area (Å²) < 4.78 is 0. The number of halogens is 1. The number of fused-ring (bicyclic) bond motifs is 3. The summed E-state index contributed by atoms with van der Waals surface area (Å²) in [5.41, 5.74) is 2.75. The zero-order valence-electron chi connectivity index (χ0n) is 11.8.